The van der Waals surface area contributed by atoms with Gasteiger partial charge in [0.1, 0.15) is 29.2 Å². The third-order valence-electron chi connectivity index (χ3n) is 8.52. The van der Waals surface area contributed by atoms with Crippen molar-refractivity contribution in [2.75, 3.05) is 13.2 Å². The number of benzene rings is 3. The van der Waals surface area contributed by atoms with Crippen LogP contribution in [0.15, 0.2) is 84.9 Å². The van der Waals surface area contributed by atoms with E-state index in [2.05, 4.69) is 0 Å². The molecule has 1 N–H and O–H groups in total. The first kappa shape index (κ1) is 42.5. The average Bonchev–Trinajstić information content (AvgIpc) is 3.54. The summed E-state index contributed by atoms with van der Waals surface area (Å²) in [6.45, 7) is 12.0. The smallest absolute Gasteiger partial charge is 0.379 e. The van der Waals surface area contributed by atoms with E-state index in [0.29, 0.717) is 24.3 Å². The van der Waals surface area contributed by atoms with Gasteiger partial charge < -0.3 is 38.4 Å². The van der Waals surface area contributed by atoms with E-state index < -0.39 is 77.5 Å². The number of nitrogens with zero attached hydrogens (tertiary/aromatic N) is 1. The van der Waals surface area contributed by atoms with Gasteiger partial charge in [-0.05, 0) is 104 Å². The zero-order valence-corrected chi connectivity index (χ0v) is 32.6. The molecule has 1 amide bonds. The fraction of sp³-hybridized carbons (Fsp3) is 0.452. The number of carboxylic acids is 1. The highest BCUT2D eigenvalue weighted by molar-refractivity contribution is 6.03. The first-order valence-corrected chi connectivity index (χ1v) is 18.2. The van der Waals surface area contributed by atoms with Crippen molar-refractivity contribution >= 4 is 29.8 Å². The molecule has 0 aliphatic carbocycles. The zero-order valence-electron chi connectivity index (χ0n) is 32.6. The van der Waals surface area contributed by atoms with E-state index in [0.717, 1.165) is 11.1 Å². The Labute approximate surface area is 321 Å². The normalized spacial score (nSPS) is 19.4. The number of amides is 1. The highest BCUT2D eigenvalue weighted by Crippen LogP contribution is 2.36. The molecule has 0 spiro atoms. The number of esters is 3. The number of aryl methyl sites for hydroxylation is 1. The quantitative estimate of drug-likeness (QED) is 0.106. The number of hydrogen-bond acceptors (Lipinski definition) is 11. The Kier molecular flexibility index (Phi) is 13.8. The summed E-state index contributed by atoms with van der Waals surface area (Å²) in [7, 11) is 0. The fourth-order valence-electron chi connectivity index (χ4n) is 6.11. The second-order valence-corrected chi connectivity index (χ2v) is 15.2. The molecule has 1 aliphatic heterocycles. The molecule has 296 valence electrons. The van der Waals surface area contributed by atoms with Crippen molar-refractivity contribution in [3.05, 3.63) is 96.1 Å². The average molecular weight is 762 g/mol. The van der Waals surface area contributed by atoms with E-state index in [1.807, 2.05) is 72.8 Å². The van der Waals surface area contributed by atoms with Gasteiger partial charge in [-0.25, -0.2) is 14.4 Å². The molecule has 0 radical (unpaired) electrons. The van der Waals surface area contributed by atoms with Crippen molar-refractivity contribution in [3.63, 3.8) is 0 Å². The summed E-state index contributed by atoms with van der Waals surface area (Å²) in [5, 5.41) is 10.2. The van der Waals surface area contributed by atoms with Crippen LogP contribution in [0, 0.1) is 0 Å². The second-order valence-electron chi connectivity index (χ2n) is 15.2. The minimum absolute atomic E-state index is 0.254. The number of aliphatic carboxylic acids is 1. The van der Waals surface area contributed by atoms with Gasteiger partial charge in [0, 0.05) is 12.0 Å². The first-order valence-electron chi connectivity index (χ1n) is 18.2. The van der Waals surface area contributed by atoms with Crippen LogP contribution in [0.5, 0.6) is 11.5 Å². The highest BCUT2D eigenvalue weighted by Gasteiger charge is 2.65. The minimum atomic E-state index is -3.18. The Morgan fingerprint density at radius 1 is 0.782 bits per heavy atom. The molecule has 0 bridgehead atoms. The predicted octanol–water partition coefficient (Wildman–Crippen LogP) is 6.22. The van der Waals surface area contributed by atoms with Crippen LogP contribution in [0.4, 0.5) is 0 Å². The molecule has 4 rings (SSSR count). The van der Waals surface area contributed by atoms with E-state index in [-0.39, 0.29) is 6.61 Å². The van der Waals surface area contributed by atoms with Crippen molar-refractivity contribution in [1.29, 1.82) is 0 Å². The topological polar surface area (TPSA) is 164 Å². The molecule has 0 aromatic heterocycles. The molecule has 0 saturated carbocycles. The molecular formula is C42H51NO12. The molecule has 3 aromatic rings. The molecule has 1 unspecified atom stereocenters. The van der Waals surface area contributed by atoms with Gasteiger partial charge in [0.05, 0.1) is 6.61 Å². The van der Waals surface area contributed by atoms with Gasteiger partial charge in [-0.3, -0.25) is 9.59 Å². The van der Waals surface area contributed by atoms with Crippen LogP contribution in [-0.4, -0.2) is 88.2 Å². The van der Waals surface area contributed by atoms with Crippen LogP contribution in [0.25, 0.3) is 0 Å². The molecule has 55 heavy (non-hydrogen) atoms. The molecule has 1 fully saturated rings. The van der Waals surface area contributed by atoms with Gasteiger partial charge in [0.25, 0.3) is 5.91 Å². The van der Waals surface area contributed by atoms with Crippen LogP contribution in [0.3, 0.4) is 0 Å². The molecule has 13 nitrogen and oxygen atoms in total. The van der Waals surface area contributed by atoms with Gasteiger partial charge in [-0.1, -0.05) is 60.7 Å². The maximum Gasteiger partial charge on any atom is 0.379 e. The summed E-state index contributed by atoms with van der Waals surface area (Å²) in [4.78, 5) is 68.9. The first-order chi connectivity index (χ1) is 25.8. The van der Waals surface area contributed by atoms with Crippen LogP contribution in [0.2, 0.25) is 0 Å². The van der Waals surface area contributed by atoms with Gasteiger partial charge in [-0.2, -0.15) is 0 Å². The molecule has 1 saturated heterocycles. The highest BCUT2D eigenvalue weighted by atomic mass is 16.8. The Morgan fingerprint density at radius 3 is 1.87 bits per heavy atom. The molecule has 1 heterocycles. The Hall–Kier alpha value is -5.27. The second kappa shape index (κ2) is 17.9. The van der Waals surface area contributed by atoms with Crippen LogP contribution in [0.1, 0.15) is 78.9 Å². The SMILES string of the molecule is CCOC(=O)C1(C(=O)O)O[C@H](C(=O)OC(C)(C)C)[C@@H](C(=O)N(CC(=O)OC(C)(C)C)[C@H](C)[C@H](CCc2ccccc2)c2ccc(Oc3ccccc3)cc2)O1. The number of rotatable bonds is 15. The van der Waals surface area contributed by atoms with E-state index in [9.17, 15) is 29.1 Å². The maximum atomic E-state index is 14.9. The number of carbonyl (C=O) groups is 5. The number of hydrogen-bond donors (Lipinski definition) is 1. The lowest BCUT2D eigenvalue weighted by Gasteiger charge is -2.37. The van der Waals surface area contributed by atoms with Crippen molar-refractivity contribution < 1.29 is 57.5 Å². The van der Waals surface area contributed by atoms with Crippen molar-refractivity contribution in [1.82, 2.24) is 4.90 Å². The number of ether oxygens (including phenoxy) is 6. The standard InChI is InChI=1S/C42H51NO12/c1-9-50-39(49)42(38(47)48)53-34(35(54-42)37(46)55-41(6,7)8)36(45)43(26-33(44)52-40(3,4)5)27(2)32(25-20-28-16-12-10-13-17-28)29-21-23-31(24-22-29)51-30-18-14-11-15-19-30/h10-19,21-24,27,32,34-35H,9,20,25-26H2,1-8H3,(H,47,48)/t27-,32+,34+,35+,42?/m1/s1. The van der Waals surface area contributed by atoms with Crippen LogP contribution in [-0.2, 0) is 54.1 Å². The molecule has 3 aromatic carbocycles. The van der Waals surface area contributed by atoms with E-state index >= 15 is 0 Å². The van der Waals surface area contributed by atoms with Crippen molar-refractivity contribution in [2.24, 2.45) is 0 Å². The molecular weight excluding hydrogens is 710 g/mol. The summed E-state index contributed by atoms with van der Waals surface area (Å²) in [5.41, 5.74) is -0.198. The lowest BCUT2D eigenvalue weighted by molar-refractivity contribution is -0.225. The third-order valence-corrected chi connectivity index (χ3v) is 8.52. The third kappa shape index (κ3) is 11.4. The zero-order chi connectivity index (χ0) is 40.6. The van der Waals surface area contributed by atoms with Crippen molar-refractivity contribution in [3.8, 4) is 11.5 Å². The maximum absolute atomic E-state index is 14.9. The van der Waals surface area contributed by atoms with Gasteiger partial charge >= 0.3 is 29.7 Å². The minimum Gasteiger partial charge on any atom is -0.477 e. The number of carbonyl (C=O) groups excluding carboxylic acids is 4. The van der Waals surface area contributed by atoms with E-state index in [1.54, 1.807) is 60.6 Å². The van der Waals surface area contributed by atoms with Crippen molar-refractivity contribution in [2.45, 2.75) is 109 Å². The summed E-state index contributed by atoms with van der Waals surface area (Å²) in [5.74, 6) is -8.76. The lowest BCUT2D eigenvalue weighted by atomic mass is 9.85. The monoisotopic (exact) mass is 761 g/mol. The fourth-order valence-corrected chi connectivity index (χ4v) is 6.11. The summed E-state index contributed by atoms with van der Waals surface area (Å²) >= 11 is 0. The Morgan fingerprint density at radius 2 is 1.33 bits per heavy atom. The van der Waals surface area contributed by atoms with Crippen LogP contribution >= 0.6 is 0 Å². The van der Waals surface area contributed by atoms with E-state index in [1.165, 1.54) is 11.8 Å². The predicted molar refractivity (Wildman–Crippen MR) is 200 cm³/mol. The Bertz CT molecular complexity index is 1780. The molecule has 1 aliphatic rings. The lowest BCUT2D eigenvalue weighted by Crippen LogP contribution is -2.54. The number of para-hydroxylation sites is 1. The Balaban J connectivity index is 1.79. The summed E-state index contributed by atoms with van der Waals surface area (Å²) in [6.07, 6.45) is -3.00. The van der Waals surface area contributed by atoms with Gasteiger partial charge in [-0.15, -0.1) is 0 Å². The largest absolute Gasteiger partial charge is 0.477 e. The summed E-state index contributed by atoms with van der Waals surface area (Å²) < 4.78 is 33.3. The van der Waals surface area contributed by atoms with E-state index in [4.69, 9.17) is 28.4 Å². The molecule has 5 atom stereocenters. The molecule has 13 heteroatoms. The van der Waals surface area contributed by atoms with Gasteiger partial charge in [0.2, 0.25) is 0 Å². The number of carboxylic acid groups (broad SMARTS) is 1. The summed E-state index contributed by atoms with van der Waals surface area (Å²) in [6, 6.07) is 25.5. The van der Waals surface area contributed by atoms with Crippen LogP contribution < -0.4 is 4.74 Å². The van der Waals surface area contributed by atoms with Gasteiger partial charge in [0.15, 0.2) is 12.2 Å².